The molecule has 0 spiro atoms. The van der Waals surface area contributed by atoms with Crippen LogP contribution in [0, 0.1) is 0 Å². The minimum atomic E-state index is -3.01. The maximum absolute atomic E-state index is 13.2. The molecule has 0 radical (unpaired) electrons. The van der Waals surface area contributed by atoms with Crippen LogP contribution in [0.2, 0.25) is 5.02 Å². The number of aromatic nitrogens is 2. The first-order valence-electron chi connectivity index (χ1n) is 10.7. The average molecular weight is 524 g/mol. The van der Waals surface area contributed by atoms with Gasteiger partial charge >= 0.3 is 6.61 Å². The highest BCUT2D eigenvalue weighted by molar-refractivity contribution is 7.14. The molecule has 0 bridgehead atoms. The minimum Gasteiger partial charge on any atom is -0.433 e. The van der Waals surface area contributed by atoms with Crippen LogP contribution < -0.4 is 26.0 Å². The lowest BCUT2D eigenvalue weighted by Crippen LogP contribution is -2.50. The molecule has 1 aromatic carbocycles. The van der Waals surface area contributed by atoms with Gasteiger partial charge in [-0.15, -0.1) is 11.3 Å². The number of benzene rings is 1. The van der Waals surface area contributed by atoms with E-state index in [0.717, 1.165) is 25.3 Å². The summed E-state index contributed by atoms with van der Waals surface area (Å²) in [5, 5.41) is 8.25. The van der Waals surface area contributed by atoms with Crippen molar-refractivity contribution in [2.75, 3.05) is 42.2 Å². The zero-order valence-electron chi connectivity index (χ0n) is 19.0. The molecule has 3 aromatic rings. The van der Waals surface area contributed by atoms with Crippen LogP contribution in [-0.2, 0) is 0 Å². The fraction of sp³-hybridized carbons (Fsp3) is 0.318. The van der Waals surface area contributed by atoms with Gasteiger partial charge in [0.05, 0.1) is 17.4 Å². The summed E-state index contributed by atoms with van der Waals surface area (Å²) in [7, 11) is 2.06. The summed E-state index contributed by atoms with van der Waals surface area (Å²) in [4.78, 5) is 24.4. The molecule has 0 saturated carbocycles. The molecule has 3 heterocycles. The number of rotatable bonds is 8. The van der Waals surface area contributed by atoms with Crippen LogP contribution in [-0.4, -0.2) is 60.1 Å². The van der Waals surface area contributed by atoms with Gasteiger partial charge in [-0.25, -0.2) is 4.98 Å². The summed E-state index contributed by atoms with van der Waals surface area (Å²) in [6.07, 6.45) is 1.35. The second kappa shape index (κ2) is 10.6. The number of anilines is 5. The average Bonchev–Trinajstić information content (AvgIpc) is 3.27. The largest absolute Gasteiger partial charge is 0.433 e. The monoisotopic (exact) mass is 523 g/mol. The zero-order chi connectivity index (χ0) is 25.1. The molecule has 1 aliphatic rings. The second-order valence-corrected chi connectivity index (χ2v) is 9.33. The third kappa shape index (κ3) is 5.89. The molecule has 1 amide bonds. The second-order valence-electron chi connectivity index (χ2n) is 8.00. The smallest absolute Gasteiger partial charge is 0.387 e. The number of likely N-dealkylation sites (N-methyl/N-ethyl adjacent to an activating group) is 1. The number of piperazine rings is 1. The third-order valence-corrected chi connectivity index (χ3v) is 6.77. The number of ether oxygens (including phenoxy) is 1. The first kappa shape index (κ1) is 24.9. The Bertz CT molecular complexity index is 1210. The Labute approximate surface area is 209 Å². The summed E-state index contributed by atoms with van der Waals surface area (Å²) in [6.45, 7) is 1.51. The highest BCUT2D eigenvalue weighted by Crippen LogP contribution is 2.35. The lowest BCUT2D eigenvalue weighted by molar-refractivity contribution is -0.0493. The fourth-order valence-electron chi connectivity index (χ4n) is 3.63. The molecule has 9 nitrogen and oxygen atoms in total. The molecule has 4 rings (SSSR count). The quantitative estimate of drug-likeness (QED) is 0.395. The molecule has 1 atom stereocenters. The summed E-state index contributed by atoms with van der Waals surface area (Å²) in [5.74, 6) is -0.324. The Balaban J connectivity index is 1.58. The Kier molecular flexibility index (Phi) is 7.53. The number of alkyl halides is 2. The predicted molar refractivity (Wildman–Crippen MR) is 134 cm³/mol. The van der Waals surface area contributed by atoms with Crippen molar-refractivity contribution in [2.24, 2.45) is 5.73 Å². The highest BCUT2D eigenvalue weighted by atomic mass is 35.5. The Hall–Kier alpha value is -3.22. The molecular weight excluding hydrogens is 500 g/mol. The van der Waals surface area contributed by atoms with Crippen molar-refractivity contribution < 1.29 is 18.3 Å². The van der Waals surface area contributed by atoms with E-state index in [-0.39, 0.29) is 28.2 Å². The van der Waals surface area contributed by atoms with Gasteiger partial charge < -0.3 is 30.9 Å². The molecule has 13 heteroatoms. The number of thiophene rings is 1. The molecule has 1 unspecified atom stereocenters. The van der Waals surface area contributed by atoms with E-state index in [1.165, 1.54) is 17.5 Å². The van der Waals surface area contributed by atoms with Crippen molar-refractivity contribution in [3.63, 3.8) is 0 Å². The van der Waals surface area contributed by atoms with E-state index in [2.05, 4.69) is 44.4 Å². The molecule has 186 valence electrons. The van der Waals surface area contributed by atoms with Gasteiger partial charge in [0.2, 0.25) is 5.95 Å². The first-order valence-corrected chi connectivity index (χ1v) is 11.9. The van der Waals surface area contributed by atoms with Crippen molar-refractivity contribution in [3.05, 3.63) is 46.4 Å². The summed E-state index contributed by atoms with van der Waals surface area (Å²) >= 11 is 7.47. The summed E-state index contributed by atoms with van der Waals surface area (Å²) < 4.78 is 31.2. The number of carbonyl (C=O) groups excluding carboxylic acids is 1. The Morgan fingerprint density at radius 2 is 2.11 bits per heavy atom. The van der Waals surface area contributed by atoms with Gasteiger partial charge in [-0.3, -0.25) is 4.79 Å². The number of amides is 1. The normalized spacial score (nSPS) is 16.4. The number of primary amides is 1. The number of hydrogen-bond acceptors (Lipinski definition) is 9. The van der Waals surface area contributed by atoms with Gasteiger partial charge in [0.15, 0.2) is 11.6 Å². The van der Waals surface area contributed by atoms with Gasteiger partial charge in [-0.05, 0) is 37.6 Å². The van der Waals surface area contributed by atoms with E-state index in [4.69, 9.17) is 22.1 Å². The van der Waals surface area contributed by atoms with Crippen LogP contribution in [0.4, 0.5) is 36.9 Å². The maximum Gasteiger partial charge on any atom is 0.387 e. The van der Waals surface area contributed by atoms with Crippen LogP contribution in [0.1, 0.15) is 17.3 Å². The van der Waals surface area contributed by atoms with Crippen LogP contribution in [0.3, 0.4) is 0 Å². The number of carbonyl (C=O) groups is 1. The lowest BCUT2D eigenvalue weighted by atomic mass is 10.1. The Morgan fingerprint density at radius 3 is 2.83 bits per heavy atom. The Morgan fingerprint density at radius 1 is 1.31 bits per heavy atom. The van der Waals surface area contributed by atoms with Crippen LogP contribution in [0.15, 0.2) is 35.8 Å². The predicted octanol–water partition coefficient (Wildman–Crippen LogP) is 4.52. The number of nitrogens with one attached hydrogen (secondary N) is 2. The van der Waals surface area contributed by atoms with Crippen LogP contribution in [0.25, 0.3) is 0 Å². The molecule has 1 fully saturated rings. The highest BCUT2D eigenvalue weighted by Gasteiger charge is 2.22. The summed E-state index contributed by atoms with van der Waals surface area (Å²) in [5.41, 5.74) is 6.72. The molecule has 1 aliphatic heterocycles. The summed E-state index contributed by atoms with van der Waals surface area (Å²) in [6, 6.07) is 6.96. The van der Waals surface area contributed by atoms with Crippen molar-refractivity contribution in [1.82, 2.24) is 14.9 Å². The molecule has 0 aliphatic carbocycles. The van der Waals surface area contributed by atoms with E-state index < -0.39 is 12.5 Å². The number of nitrogens with two attached hydrogens (primary N) is 1. The van der Waals surface area contributed by atoms with Gasteiger partial charge in [0.25, 0.3) is 5.91 Å². The molecular formula is C22H24ClF2N7O2S. The first-order chi connectivity index (χ1) is 16.7. The standard InChI is InChI=1S/C22H24ClF2N7O2S/c1-12-11-32(7-6-31(12)2)13-3-4-16(17(9-13)34-21(24)25)28-22-27-10-15(23)19(30-22)29-20-14(18(26)33)5-8-35-20/h3-5,8-10,12,21H,6-7,11H2,1-2H3,(H2,26,33)(H2,27,28,29,30). The SMILES string of the molecule is CC1CN(c2ccc(Nc3ncc(Cl)c(Nc4sccc4C(N)=O)n3)c(OC(F)F)c2)CCN1C. The topological polar surface area (TPSA) is 109 Å². The molecule has 35 heavy (non-hydrogen) atoms. The van der Waals surface area contributed by atoms with E-state index in [9.17, 15) is 13.6 Å². The third-order valence-electron chi connectivity index (χ3n) is 5.66. The van der Waals surface area contributed by atoms with Crippen LogP contribution >= 0.6 is 22.9 Å². The van der Waals surface area contributed by atoms with Gasteiger partial charge in [-0.1, -0.05) is 11.6 Å². The van der Waals surface area contributed by atoms with Gasteiger partial charge in [0.1, 0.15) is 10.0 Å². The van der Waals surface area contributed by atoms with Gasteiger partial charge in [0, 0.05) is 37.4 Å². The zero-order valence-corrected chi connectivity index (χ0v) is 20.5. The number of hydrogen-bond donors (Lipinski definition) is 3. The lowest BCUT2D eigenvalue weighted by Gasteiger charge is -2.39. The molecule has 1 saturated heterocycles. The number of halogens is 3. The van der Waals surface area contributed by atoms with E-state index in [1.54, 1.807) is 23.6 Å². The van der Waals surface area contributed by atoms with E-state index in [1.807, 2.05) is 6.07 Å². The van der Waals surface area contributed by atoms with Crippen molar-refractivity contribution in [3.8, 4) is 5.75 Å². The van der Waals surface area contributed by atoms with Gasteiger partial charge in [-0.2, -0.15) is 13.8 Å². The van der Waals surface area contributed by atoms with E-state index >= 15 is 0 Å². The van der Waals surface area contributed by atoms with Crippen LogP contribution in [0.5, 0.6) is 5.75 Å². The molecule has 4 N–H and O–H groups in total. The fourth-order valence-corrected chi connectivity index (χ4v) is 4.56. The van der Waals surface area contributed by atoms with Crippen molar-refractivity contribution in [1.29, 1.82) is 0 Å². The molecule has 2 aromatic heterocycles. The minimum absolute atomic E-state index is 0.0357. The van der Waals surface area contributed by atoms with Crippen molar-refractivity contribution in [2.45, 2.75) is 19.6 Å². The number of nitrogens with zero attached hydrogens (tertiary/aromatic N) is 4. The van der Waals surface area contributed by atoms with E-state index in [0.29, 0.717) is 16.6 Å². The van der Waals surface area contributed by atoms with Crippen molar-refractivity contribution >= 4 is 57.0 Å². The maximum atomic E-state index is 13.2.